The number of benzene rings is 1. The Balaban J connectivity index is 2.30. The SMILES string of the molecule is CSc1ncc(CN)c(Nc2ccccc2)n1. The van der Waals surface area contributed by atoms with Gasteiger partial charge in [-0.25, -0.2) is 9.97 Å². The monoisotopic (exact) mass is 246 g/mol. The van der Waals surface area contributed by atoms with E-state index in [9.17, 15) is 0 Å². The minimum absolute atomic E-state index is 0.420. The van der Waals surface area contributed by atoms with Crippen LogP contribution in [0.1, 0.15) is 5.56 Å². The van der Waals surface area contributed by atoms with E-state index in [-0.39, 0.29) is 0 Å². The van der Waals surface area contributed by atoms with Gasteiger partial charge in [0.25, 0.3) is 0 Å². The summed E-state index contributed by atoms with van der Waals surface area (Å²) in [7, 11) is 0. The first-order chi connectivity index (χ1) is 8.33. The Labute approximate surface area is 105 Å². The van der Waals surface area contributed by atoms with E-state index in [0.717, 1.165) is 22.2 Å². The normalized spacial score (nSPS) is 10.2. The van der Waals surface area contributed by atoms with Crippen LogP contribution in [0, 0.1) is 0 Å². The zero-order valence-electron chi connectivity index (χ0n) is 9.55. The van der Waals surface area contributed by atoms with E-state index in [1.165, 1.54) is 11.8 Å². The summed E-state index contributed by atoms with van der Waals surface area (Å²) in [5.74, 6) is 0.776. The van der Waals surface area contributed by atoms with Gasteiger partial charge >= 0.3 is 0 Å². The van der Waals surface area contributed by atoms with Gasteiger partial charge in [-0.3, -0.25) is 0 Å². The van der Waals surface area contributed by atoms with E-state index in [0.29, 0.717) is 6.54 Å². The number of hydrogen-bond acceptors (Lipinski definition) is 5. The highest BCUT2D eigenvalue weighted by molar-refractivity contribution is 7.98. The first kappa shape index (κ1) is 11.9. The largest absolute Gasteiger partial charge is 0.340 e. The number of nitrogens with one attached hydrogen (secondary N) is 1. The fourth-order valence-electron chi connectivity index (χ4n) is 1.40. The van der Waals surface area contributed by atoms with Gasteiger partial charge in [0, 0.05) is 24.0 Å². The van der Waals surface area contributed by atoms with Gasteiger partial charge in [0.1, 0.15) is 5.82 Å². The van der Waals surface area contributed by atoms with Crippen LogP contribution in [0.2, 0.25) is 0 Å². The van der Waals surface area contributed by atoms with Crippen molar-refractivity contribution in [2.24, 2.45) is 5.73 Å². The van der Waals surface area contributed by atoms with Crippen molar-refractivity contribution in [2.75, 3.05) is 11.6 Å². The predicted octanol–water partition coefficient (Wildman–Crippen LogP) is 2.40. The van der Waals surface area contributed by atoms with Crippen molar-refractivity contribution in [2.45, 2.75) is 11.7 Å². The lowest BCUT2D eigenvalue weighted by atomic mass is 10.3. The first-order valence-electron chi connectivity index (χ1n) is 5.25. The molecule has 0 aliphatic rings. The second-order valence-electron chi connectivity index (χ2n) is 3.43. The third kappa shape index (κ3) is 2.95. The molecular weight excluding hydrogens is 232 g/mol. The van der Waals surface area contributed by atoms with Crippen LogP contribution in [-0.2, 0) is 6.54 Å². The Bertz CT molecular complexity index is 487. The maximum absolute atomic E-state index is 5.67. The molecule has 1 aromatic carbocycles. The number of anilines is 2. The summed E-state index contributed by atoms with van der Waals surface area (Å²) in [6.07, 6.45) is 3.72. The number of hydrogen-bond donors (Lipinski definition) is 2. The van der Waals surface area contributed by atoms with Crippen LogP contribution in [0.25, 0.3) is 0 Å². The van der Waals surface area contributed by atoms with Gasteiger partial charge in [-0.05, 0) is 18.4 Å². The molecule has 0 saturated carbocycles. The van der Waals surface area contributed by atoms with E-state index in [1.54, 1.807) is 6.20 Å². The second-order valence-corrected chi connectivity index (χ2v) is 4.20. The average molecular weight is 246 g/mol. The average Bonchev–Trinajstić information content (AvgIpc) is 2.40. The lowest BCUT2D eigenvalue weighted by molar-refractivity contribution is 0.923. The summed E-state index contributed by atoms with van der Waals surface area (Å²) in [4.78, 5) is 8.62. The molecule has 0 aliphatic heterocycles. The van der Waals surface area contributed by atoms with Crippen LogP contribution in [0.3, 0.4) is 0 Å². The summed E-state index contributed by atoms with van der Waals surface area (Å²) >= 11 is 1.51. The van der Waals surface area contributed by atoms with Gasteiger partial charge in [0.15, 0.2) is 5.16 Å². The molecule has 0 fully saturated rings. The van der Waals surface area contributed by atoms with E-state index in [1.807, 2.05) is 36.6 Å². The third-order valence-electron chi connectivity index (χ3n) is 2.28. The van der Waals surface area contributed by atoms with E-state index >= 15 is 0 Å². The molecule has 0 radical (unpaired) electrons. The van der Waals surface area contributed by atoms with E-state index in [2.05, 4.69) is 15.3 Å². The van der Waals surface area contributed by atoms with Crippen LogP contribution >= 0.6 is 11.8 Å². The van der Waals surface area contributed by atoms with Crippen LogP contribution in [0.4, 0.5) is 11.5 Å². The summed E-state index contributed by atoms with van der Waals surface area (Å²) in [6, 6.07) is 9.90. The second kappa shape index (κ2) is 5.65. The van der Waals surface area contributed by atoms with Crippen LogP contribution in [0.15, 0.2) is 41.7 Å². The van der Waals surface area contributed by atoms with Crippen molar-refractivity contribution in [3.8, 4) is 0 Å². The summed E-state index contributed by atoms with van der Waals surface area (Å²) in [5.41, 5.74) is 7.57. The maximum Gasteiger partial charge on any atom is 0.189 e. The molecule has 5 heteroatoms. The molecule has 1 aromatic heterocycles. The molecule has 0 unspecified atom stereocenters. The lowest BCUT2D eigenvalue weighted by Gasteiger charge is -2.10. The molecule has 2 aromatic rings. The van der Waals surface area contributed by atoms with Crippen molar-refractivity contribution in [1.29, 1.82) is 0 Å². The van der Waals surface area contributed by atoms with Crippen molar-refractivity contribution in [3.63, 3.8) is 0 Å². The molecule has 0 atom stereocenters. The number of para-hydroxylation sites is 1. The molecule has 0 amide bonds. The fourth-order valence-corrected chi connectivity index (χ4v) is 1.75. The van der Waals surface area contributed by atoms with Crippen LogP contribution in [0.5, 0.6) is 0 Å². The topological polar surface area (TPSA) is 63.8 Å². The number of thioether (sulfide) groups is 1. The van der Waals surface area contributed by atoms with Crippen LogP contribution in [-0.4, -0.2) is 16.2 Å². The fraction of sp³-hybridized carbons (Fsp3) is 0.167. The Kier molecular flexibility index (Phi) is 3.95. The molecule has 17 heavy (non-hydrogen) atoms. The molecule has 88 valence electrons. The molecule has 0 bridgehead atoms. The maximum atomic E-state index is 5.67. The zero-order valence-corrected chi connectivity index (χ0v) is 10.4. The highest BCUT2D eigenvalue weighted by Gasteiger charge is 2.05. The van der Waals surface area contributed by atoms with Gasteiger partial charge in [-0.1, -0.05) is 30.0 Å². The summed E-state index contributed by atoms with van der Waals surface area (Å²) in [6.45, 7) is 0.420. The first-order valence-corrected chi connectivity index (χ1v) is 6.48. The Morgan fingerprint density at radius 1 is 1.29 bits per heavy atom. The van der Waals surface area contributed by atoms with Crippen molar-refractivity contribution < 1.29 is 0 Å². The molecule has 0 aliphatic carbocycles. The van der Waals surface area contributed by atoms with Crippen molar-refractivity contribution >= 4 is 23.3 Å². The van der Waals surface area contributed by atoms with E-state index < -0.39 is 0 Å². The minimum Gasteiger partial charge on any atom is -0.340 e. The highest BCUT2D eigenvalue weighted by atomic mass is 32.2. The van der Waals surface area contributed by atoms with Crippen molar-refractivity contribution in [3.05, 3.63) is 42.1 Å². The molecule has 2 rings (SSSR count). The van der Waals surface area contributed by atoms with Crippen LogP contribution < -0.4 is 11.1 Å². The number of rotatable bonds is 4. The minimum atomic E-state index is 0.420. The molecule has 1 heterocycles. The number of nitrogens with two attached hydrogens (primary N) is 1. The van der Waals surface area contributed by atoms with Gasteiger partial charge in [-0.2, -0.15) is 0 Å². The van der Waals surface area contributed by atoms with Gasteiger partial charge in [-0.15, -0.1) is 0 Å². The smallest absolute Gasteiger partial charge is 0.189 e. The van der Waals surface area contributed by atoms with Gasteiger partial charge < -0.3 is 11.1 Å². The highest BCUT2D eigenvalue weighted by Crippen LogP contribution is 2.20. The third-order valence-corrected chi connectivity index (χ3v) is 2.84. The predicted molar refractivity (Wildman–Crippen MR) is 71.4 cm³/mol. The molecule has 3 N–H and O–H groups in total. The van der Waals surface area contributed by atoms with Gasteiger partial charge in [0.05, 0.1) is 0 Å². The zero-order chi connectivity index (χ0) is 12.1. The summed E-state index contributed by atoms with van der Waals surface area (Å²) in [5, 5.41) is 3.99. The lowest BCUT2D eigenvalue weighted by Crippen LogP contribution is -2.05. The van der Waals surface area contributed by atoms with E-state index in [4.69, 9.17) is 5.73 Å². The Morgan fingerprint density at radius 2 is 2.06 bits per heavy atom. The molecule has 0 spiro atoms. The Morgan fingerprint density at radius 3 is 2.71 bits per heavy atom. The quantitative estimate of drug-likeness (QED) is 0.640. The van der Waals surface area contributed by atoms with Gasteiger partial charge in [0.2, 0.25) is 0 Å². The standard InChI is InChI=1S/C12H14N4S/c1-17-12-14-8-9(7-13)11(16-12)15-10-5-3-2-4-6-10/h2-6,8H,7,13H2,1H3,(H,14,15,16). The Hall–Kier alpha value is -1.59. The molecular formula is C12H14N4S. The number of nitrogens with zero attached hydrogens (tertiary/aromatic N) is 2. The number of aromatic nitrogens is 2. The van der Waals surface area contributed by atoms with Crippen molar-refractivity contribution in [1.82, 2.24) is 9.97 Å². The molecule has 0 saturated heterocycles. The summed E-state index contributed by atoms with van der Waals surface area (Å²) < 4.78 is 0. The molecule has 4 nitrogen and oxygen atoms in total.